The summed E-state index contributed by atoms with van der Waals surface area (Å²) < 4.78 is 38.7. The summed E-state index contributed by atoms with van der Waals surface area (Å²) in [5.41, 5.74) is -0.288. The van der Waals surface area contributed by atoms with Crippen LogP contribution in [0.25, 0.3) is 0 Å². The van der Waals surface area contributed by atoms with Crippen LogP contribution in [0.15, 0.2) is 47.4 Å². The molecule has 0 bridgehead atoms. The van der Waals surface area contributed by atoms with Gasteiger partial charge in [-0.25, -0.2) is 0 Å². The Kier molecular flexibility index (Phi) is 7.22. The number of hydrogen-bond acceptors (Lipinski definition) is 5. The number of carbonyl (C=O) groups excluding carboxylic acids is 1. The van der Waals surface area contributed by atoms with Crippen molar-refractivity contribution < 1.29 is 22.9 Å². The molecule has 0 spiro atoms. The van der Waals surface area contributed by atoms with Crippen molar-refractivity contribution in [2.75, 3.05) is 19.3 Å². The Morgan fingerprint density at radius 1 is 1.23 bits per heavy atom. The number of nitrogens with one attached hydrogen (secondary N) is 1. The van der Waals surface area contributed by atoms with Gasteiger partial charge in [-0.2, -0.15) is 13.2 Å². The molecule has 31 heavy (non-hydrogen) atoms. The first-order chi connectivity index (χ1) is 14.7. The number of carbonyl (C=O) groups is 1. The van der Waals surface area contributed by atoms with Crippen molar-refractivity contribution in [3.8, 4) is 0 Å². The topological polar surface area (TPSA) is 75.5 Å². The van der Waals surface area contributed by atoms with Gasteiger partial charge >= 0.3 is 6.18 Å². The summed E-state index contributed by atoms with van der Waals surface area (Å²) in [7, 11) is 0. The summed E-state index contributed by atoms with van der Waals surface area (Å²) >= 11 is 1.39. The Balaban J connectivity index is 1.58. The monoisotopic (exact) mass is 453 g/mol. The molecule has 0 aliphatic carbocycles. The molecule has 1 fully saturated rings. The highest BCUT2D eigenvalue weighted by Crippen LogP contribution is 2.30. The molecule has 1 heterocycles. The number of rotatable bonds is 6. The van der Waals surface area contributed by atoms with Crippen LogP contribution in [0.4, 0.5) is 18.9 Å². The normalized spacial score (nSPS) is 15.6. The van der Waals surface area contributed by atoms with Gasteiger partial charge in [-0.3, -0.25) is 19.8 Å². The lowest BCUT2D eigenvalue weighted by atomic mass is 10.0. The molecule has 1 N–H and O–H groups in total. The maximum Gasteiger partial charge on any atom is 0.416 e. The number of piperidine rings is 1. The number of nitro benzene ring substituents is 1. The Hall–Kier alpha value is -2.59. The zero-order valence-corrected chi connectivity index (χ0v) is 17.6. The summed E-state index contributed by atoms with van der Waals surface area (Å²) in [5, 5.41) is 14.1. The fraction of sp³-hybridized carbons (Fsp3) is 0.381. The molecule has 0 radical (unpaired) electrons. The summed E-state index contributed by atoms with van der Waals surface area (Å²) in [6.45, 7) is 1.61. The number of benzene rings is 2. The molecule has 0 aromatic heterocycles. The van der Waals surface area contributed by atoms with Crippen molar-refractivity contribution in [1.82, 2.24) is 10.2 Å². The Bertz CT molecular complexity index is 960. The van der Waals surface area contributed by atoms with Gasteiger partial charge in [-0.1, -0.05) is 18.2 Å². The first kappa shape index (κ1) is 23.1. The fourth-order valence-corrected chi connectivity index (χ4v) is 4.03. The van der Waals surface area contributed by atoms with Gasteiger partial charge in [0.25, 0.3) is 11.6 Å². The molecule has 1 aliphatic rings. The number of halogens is 3. The highest BCUT2D eigenvalue weighted by molar-refractivity contribution is 7.98. The summed E-state index contributed by atoms with van der Waals surface area (Å²) in [6.07, 6.45) is -1.33. The van der Waals surface area contributed by atoms with Crippen molar-refractivity contribution in [1.29, 1.82) is 0 Å². The second-order valence-electron chi connectivity index (χ2n) is 7.36. The predicted molar refractivity (Wildman–Crippen MR) is 112 cm³/mol. The van der Waals surface area contributed by atoms with E-state index < -0.39 is 22.6 Å². The van der Waals surface area contributed by atoms with E-state index in [4.69, 9.17) is 0 Å². The lowest BCUT2D eigenvalue weighted by Crippen LogP contribution is -2.44. The number of alkyl halides is 3. The summed E-state index contributed by atoms with van der Waals surface area (Å²) in [5.74, 6) is -0.487. The maximum atomic E-state index is 12.9. The van der Waals surface area contributed by atoms with Gasteiger partial charge in [0, 0.05) is 36.6 Å². The third-order valence-corrected chi connectivity index (χ3v) is 5.95. The van der Waals surface area contributed by atoms with Crippen LogP contribution in [-0.2, 0) is 12.7 Å². The van der Waals surface area contributed by atoms with Crippen molar-refractivity contribution >= 4 is 23.4 Å². The van der Waals surface area contributed by atoms with E-state index in [-0.39, 0.29) is 17.3 Å². The summed E-state index contributed by atoms with van der Waals surface area (Å²) in [6, 6.07) is 9.58. The molecule has 1 aliphatic heterocycles. The first-order valence-corrected chi connectivity index (χ1v) is 10.9. The van der Waals surface area contributed by atoms with E-state index in [9.17, 15) is 28.1 Å². The molecule has 166 valence electrons. The summed E-state index contributed by atoms with van der Waals surface area (Å²) in [4.78, 5) is 26.1. The molecule has 6 nitrogen and oxygen atoms in total. The molecule has 1 amide bonds. The van der Waals surface area contributed by atoms with Gasteiger partial charge in [-0.05, 0) is 42.9 Å². The number of thioether (sulfide) groups is 1. The molecule has 0 unspecified atom stereocenters. The van der Waals surface area contributed by atoms with E-state index >= 15 is 0 Å². The SMILES string of the molecule is CSc1ccc([N+](=O)[O-])c(C(=O)NC2CCN(Cc3cccc(C(F)(F)F)c3)CC2)c1. The quantitative estimate of drug-likeness (QED) is 0.389. The van der Waals surface area contributed by atoms with Gasteiger partial charge in [0.2, 0.25) is 0 Å². The fourth-order valence-electron chi connectivity index (χ4n) is 3.59. The molecule has 0 atom stereocenters. The van der Waals surface area contributed by atoms with Crippen molar-refractivity contribution in [2.24, 2.45) is 0 Å². The van der Waals surface area contributed by atoms with Crippen LogP contribution in [0.5, 0.6) is 0 Å². The Morgan fingerprint density at radius 2 is 1.94 bits per heavy atom. The van der Waals surface area contributed by atoms with Crippen LogP contribution in [0.2, 0.25) is 0 Å². The van der Waals surface area contributed by atoms with Crippen LogP contribution in [0.1, 0.15) is 34.3 Å². The number of hydrogen-bond donors (Lipinski definition) is 1. The van der Waals surface area contributed by atoms with Crippen LogP contribution < -0.4 is 5.32 Å². The maximum absolute atomic E-state index is 12.9. The van der Waals surface area contributed by atoms with Gasteiger partial charge in [0.1, 0.15) is 5.56 Å². The molecule has 2 aromatic carbocycles. The second kappa shape index (κ2) is 9.69. The number of nitro groups is 1. The van der Waals surface area contributed by atoms with Gasteiger partial charge in [-0.15, -0.1) is 11.8 Å². The number of likely N-dealkylation sites (tertiary alicyclic amines) is 1. The molecular weight excluding hydrogens is 431 g/mol. The average molecular weight is 453 g/mol. The van der Waals surface area contributed by atoms with Gasteiger partial charge in [0.05, 0.1) is 10.5 Å². The van der Waals surface area contributed by atoms with Crippen LogP contribution in [-0.4, -0.2) is 41.1 Å². The third kappa shape index (κ3) is 5.98. The first-order valence-electron chi connectivity index (χ1n) is 9.69. The lowest BCUT2D eigenvalue weighted by Gasteiger charge is -2.32. The van der Waals surface area contributed by atoms with E-state index in [1.165, 1.54) is 30.0 Å². The molecule has 0 saturated carbocycles. The highest BCUT2D eigenvalue weighted by atomic mass is 32.2. The molecule has 10 heteroatoms. The second-order valence-corrected chi connectivity index (χ2v) is 8.24. The zero-order valence-electron chi connectivity index (χ0n) is 16.8. The standard InChI is InChI=1S/C21H22F3N3O3S/c1-31-17-5-6-19(27(29)30)18(12-17)20(28)25-16-7-9-26(10-8-16)13-14-3-2-4-15(11-14)21(22,23)24/h2-6,11-12,16H,7-10,13H2,1H3,(H,25,28). The van der Waals surface area contributed by atoms with Gasteiger partial charge in [0.15, 0.2) is 0 Å². The molecule has 2 aromatic rings. The predicted octanol–water partition coefficient (Wildman–Crippen LogP) is 4.73. The number of amides is 1. The third-order valence-electron chi connectivity index (χ3n) is 5.23. The van der Waals surface area contributed by atoms with Crippen LogP contribution >= 0.6 is 11.8 Å². The van der Waals surface area contributed by atoms with E-state index in [1.54, 1.807) is 12.1 Å². The largest absolute Gasteiger partial charge is 0.416 e. The van der Waals surface area contributed by atoms with E-state index in [0.29, 0.717) is 38.0 Å². The average Bonchev–Trinajstić information content (AvgIpc) is 2.74. The van der Waals surface area contributed by atoms with Crippen molar-refractivity contribution in [3.05, 3.63) is 69.3 Å². The van der Waals surface area contributed by atoms with E-state index in [1.807, 2.05) is 11.2 Å². The number of nitrogens with zero attached hydrogens (tertiary/aromatic N) is 2. The van der Waals surface area contributed by atoms with Crippen LogP contribution in [0, 0.1) is 10.1 Å². The smallest absolute Gasteiger partial charge is 0.349 e. The Morgan fingerprint density at radius 3 is 2.55 bits per heavy atom. The Labute approximate surface area is 182 Å². The van der Waals surface area contributed by atoms with Crippen LogP contribution in [0.3, 0.4) is 0 Å². The van der Waals surface area contributed by atoms with E-state index in [0.717, 1.165) is 17.0 Å². The molecular formula is C21H22F3N3O3S. The minimum atomic E-state index is -4.37. The minimum Gasteiger partial charge on any atom is -0.349 e. The molecule has 1 saturated heterocycles. The van der Waals surface area contributed by atoms with E-state index in [2.05, 4.69) is 5.32 Å². The highest BCUT2D eigenvalue weighted by Gasteiger charge is 2.31. The van der Waals surface area contributed by atoms with Crippen molar-refractivity contribution in [2.45, 2.75) is 36.5 Å². The minimum absolute atomic E-state index is 0.0308. The lowest BCUT2D eigenvalue weighted by molar-refractivity contribution is -0.385. The molecule has 3 rings (SSSR count). The van der Waals surface area contributed by atoms with Gasteiger partial charge < -0.3 is 5.32 Å². The zero-order chi connectivity index (χ0) is 22.6. The van der Waals surface area contributed by atoms with Crippen molar-refractivity contribution in [3.63, 3.8) is 0 Å².